The number of carbonyl (C=O) groups is 2. The van der Waals surface area contributed by atoms with Crippen molar-refractivity contribution in [3.8, 4) is 0 Å². The van der Waals surface area contributed by atoms with Crippen molar-refractivity contribution in [2.45, 2.75) is 99.0 Å². The van der Waals surface area contributed by atoms with Gasteiger partial charge in [0.05, 0.1) is 0 Å². The molecule has 1 aromatic heterocycles. The van der Waals surface area contributed by atoms with Crippen molar-refractivity contribution >= 4 is 50.6 Å². The Morgan fingerprint density at radius 3 is 1.97 bits per heavy atom. The van der Waals surface area contributed by atoms with E-state index in [4.69, 9.17) is 4.74 Å². The first-order chi connectivity index (χ1) is 18.6. The van der Waals surface area contributed by atoms with Crippen molar-refractivity contribution in [1.29, 1.82) is 0 Å². The van der Waals surface area contributed by atoms with Gasteiger partial charge < -0.3 is 0 Å². The molecule has 212 valence electrons. The fraction of sp³-hybridized carbons (Fsp3) is 0.515. The van der Waals surface area contributed by atoms with E-state index >= 15 is 0 Å². The minimum absolute atomic E-state index is 0.0524. The zero-order chi connectivity index (χ0) is 28.5. The predicted octanol–water partition coefficient (Wildman–Crippen LogP) is 8.78. The molecule has 0 atom stereocenters. The molecule has 6 heteroatoms. The number of benzene rings is 2. The molecule has 3 aromatic rings. The van der Waals surface area contributed by atoms with Crippen LogP contribution in [0.5, 0.6) is 0 Å². The summed E-state index contributed by atoms with van der Waals surface area (Å²) >= 11 is -2.99. The number of aromatic nitrogens is 1. The van der Waals surface area contributed by atoms with E-state index in [1.165, 1.54) is 55.5 Å². The van der Waals surface area contributed by atoms with Crippen molar-refractivity contribution in [3.05, 3.63) is 60.2 Å². The van der Waals surface area contributed by atoms with Crippen molar-refractivity contribution < 1.29 is 14.3 Å². The predicted molar refractivity (Wildman–Crippen MR) is 167 cm³/mol. The molecule has 0 unspecified atom stereocenters. The standard InChI is InChI=1S/C21H21N2O3.3C4H9.Sn/c1-21(2,3)26-20(25)23-12-11-16-13-17(9-10-18(16)23)22-14-19(24)15-7-5-4-6-8-15;3*1-3-4-2;/h4-11,13,22H,14H2,1-3H3;3*1,3-4H2,2H3;. The van der Waals surface area contributed by atoms with Crippen LogP contribution in [0.15, 0.2) is 54.6 Å². The summed E-state index contributed by atoms with van der Waals surface area (Å²) in [5.74, 6) is 0.0524. The van der Waals surface area contributed by atoms with Crippen LogP contribution in [0, 0.1) is 0 Å². The molecule has 5 nitrogen and oxygen atoms in total. The van der Waals surface area contributed by atoms with Gasteiger partial charge in [-0.3, -0.25) is 0 Å². The summed E-state index contributed by atoms with van der Waals surface area (Å²) in [5.41, 5.74) is 1.92. The number of hydrogen-bond acceptors (Lipinski definition) is 4. The number of nitrogens with one attached hydrogen (secondary N) is 1. The molecule has 1 N–H and O–H groups in total. The number of Topliss-reactive ketones (excluding diaryl/α,β-unsaturated/α-hetero) is 1. The third-order valence-electron chi connectivity index (χ3n) is 7.50. The van der Waals surface area contributed by atoms with Gasteiger partial charge in [0.25, 0.3) is 0 Å². The molecule has 0 spiro atoms. The molecule has 2 aromatic carbocycles. The molecule has 0 radical (unpaired) electrons. The summed E-state index contributed by atoms with van der Waals surface area (Å²) < 4.78 is 13.0. The van der Waals surface area contributed by atoms with E-state index in [0.717, 1.165) is 16.6 Å². The van der Waals surface area contributed by atoms with E-state index in [1.807, 2.05) is 67.8 Å². The van der Waals surface area contributed by atoms with Gasteiger partial charge in [0, 0.05) is 0 Å². The third-order valence-corrected chi connectivity index (χ3v) is 22.9. The Labute approximate surface area is 239 Å². The van der Waals surface area contributed by atoms with Gasteiger partial charge in [-0.25, -0.2) is 0 Å². The van der Waals surface area contributed by atoms with Gasteiger partial charge in [0.2, 0.25) is 0 Å². The maximum atomic E-state index is 13.8. The number of rotatable bonds is 14. The van der Waals surface area contributed by atoms with Crippen LogP contribution in [0.4, 0.5) is 10.5 Å². The first-order valence-electron chi connectivity index (χ1n) is 14.9. The summed E-state index contributed by atoms with van der Waals surface area (Å²) in [6, 6.07) is 17.8. The molecule has 0 aliphatic heterocycles. The Morgan fingerprint density at radius 1 is 0.846 bits per heavy atom. The Kier molecular flexibility index (Phi) is 11.5. The van der Waals surface area contributed by atoms with E-state index in [-0.39, 0.29) is 18.4 Å². The molecule has 39 heavy (non-hydrogen) atoms. The summed E-state index contributed by atoms with van der Waals surface area (Å²) in [6.45, 7) is 12.8. The van der Waals surface area contributed by atoms with E-state index in [2.05, 4.69) is 38.2 Å². The van der Waals surface area contributed by atoms with Crippen LogP contribution < -0.4 is 9.03 Å². The van der Waals surface area contributed by atoms with E-state index in [9.17, 15) is 9.59 Å². The molecule has 3 rings (SSSR count). The SMILES string of the molecule is CCC[CH2][Sn]([CH2]CCC)([CH2]CCC)[c]1cc2cc(NCC(=O)c3ccccc3)ccc2n1C(=O)OC(C)(C)C. The number of ether oxygens (including phenoxy) is 1. The Hall–Kier alpha value is -2.28. The molecular formula is C33H48N2O3Sn. The summed E-state index contributed by atoms with van der Waals surface area (Å²) in [7, 11) is 0. The van der Waals surface area contributed by atoms with Crippen LogP contribution in [-0.4, -0.2) is 47.0 Å². The first kappa shape index (κ1) is 31.2. The molecule has 0 aliphatic carbocycles. The molecule has 0 amide bonds. The van der Waals surface area contributed by atoms with Crippen LogP contribution in [0.1, 0.15) is 90.4 Å². The molecular weight excluding hydrogens is 591 g/mol. The summed E-state index contributed by atoms with van der Waals surface area (Å²) in [4.78, 5) is 26.5. The van der Waals surface area contributed by atoms with E-state index in [0.29, 0.717) is 5.56 Å². The average molecular weight is 639 g/mol. The monoisotopic (exact) mass is 640 g/mol. The average Bonchev–Trinajstić information content (AvgIpc) is 3.30. The Bertz CT molecular complexity index is 1210. The van der Waals surface area contributed by atoms with Gasteiger partial charge in [-0.15, -0.1) is 0 Å². The van der Waals surface area contributed by atoms with Crippen LogP contribution in [0.3, 0.4) is 0 Å². The number of carbonyl (C=O) groups excluding carboxylic acids is 2. The molecule has 0 fully saturated rings. The number of ketones is 1. The fourth-order valence-electron chi connectivity index (χ4n) is 5.43. The Balaban J connectivity index is 2.08. The van der Waals surface area contributed by atoms with Gasteiger partial charge in [-0.1, -0.05) is 0 Å². The van der Waals surface area contributed by atoms with Gasteiger partial charge >= 0.3 is 240 Å². The van der Waals surface area contributed by atoms with Crippen molar-refractivity contribution in [2.24, 2.45) is 0 Å². The number of nitrogens with zero attached hydrogens (tertiary/aromatic N) is 1. The molecule has 0 saturated carbocycles. The first-order valence-corrected chi connectivity index (χ1v) is 22.3. The zero-order valence-corrected chi connectivity index (χ0v) is 27.8. The maximum absolute atomic E-state index is 13.8. The van der Waals surface area contributed by atoms with Gasteiger partial charge in [0.1, 0.15) is 0 Å². The second kappa shape index (κ2) is 14.4. The van der Waals surface area contributed by atoms with Crippen molar-refractivity contribution in [2.75, 3.05) is 11.9 Å². The second-order valence-electron chi connectivity index (χ2n) is 11.9. The van der Waals surface area contributed by atoms with Crippen molar-refractivity contribution in [1.82, 2.24) is 4.57 Å². The van der Waals surface area contributed by atoms with Crippen LogP contribution in [0.25, 0.3) is 10.9 Å². The fourth-order valence-corrected chi connectivity index (χ4v) is 21.9. The Morgan fingerprint density at radius 2 is 1.44 bits per heavy atom. The number of fused-ring (bicyclic) bond motifs is 1. The quantitative estimate of drug-likeness (QED) is 0.142. The van der Waals surface area contributed by atoms with Crippen LogP contribution in [-0.2, 0) is 4.74 Å². The second-order valence-corrected chi connectivity index (χ2v) is 24.9. The number of unbranched alkanes of at least 4 members (excludes halogenated alkanes) is 3. The normalized spacial score (nSPS) is 12.1. The van der Waals surface area contributed by atoms with Gasteiger partial charge in [0.15, 0.2) is 0 Å². The summed E-state index contributed by atoms with van der Waals surface area (Å²) in [6.07, 6.45) is 6.90. The third kappa shape index (κ3) is 8.35. The molecule has 0 aliphatic rings. The topological polar surface area (TPSA) is 60.3 Å². The minimum atomic E-state index is -2.99. The molecule has 0 saturated heterocycles. The molecule has 1 heterocycles. The zero-order valence-electron chi connectivity index (χ0n) is 24.9. The summed E-state index contributed by atoms with van der Waals surface area (Å²) in [5, 5.41) is 4.36. The van der Waals surface area contributed by atoms with Crippen LogP contribution >= 0.6 is 0 Å². The van der Waals surface area contributed by atoms with Crippen LogP contribution in [0.2, 0.25) is 13.3 Å². The van der Waals surface area contributed by atoms with E-state index in [1.54, 1.807) is 0 Å². The van der Waals surface area contributed by atoms with Gasteiger partial charge in [-0.2, -0.15) is 0 Å². The molecule has 0 bridgehead atoms. The number of anilines is 1. The number of hydrogen-bond donors (Lipinski definition) is 1. The van der Waals surface area contributed by atoms with E-state index < -0.39 is 24.0 Å². The van der Waals surface area contributed by atoms with Gasteiger partial charge in [-0.05, 0) is 0 Å². The van der Waals surface area contributed by atoms with Crippen molar-refractivity contribution in [3.63, 3.8) is 0 Å².